The van der Waals surface area contributed by atoms with Gasteiger partial charge in [-0.1, -0.05) is 6.07 Å². The van der Waals surface area contributed by atoms with Gasteiger partial charge in [0.25, 0.3) is 0 Å². The molecule has 3 aromatic heterocycles. The van der Waals surface area contributed by atoms with Crippen molar-refractivity contribution in [1.82, 2.24) is 25.1 Å². The topological polar surface area (TPSA) is 57.7 Å². The van der Waals surface area contributed by atoms with E-state index in [0.29, 0.717) is 5.92 Å². The highest BCUT2D eigenvalue weighted by atomic mass is 32.1. The summed E-state index contributed by atoms with van der Waals surface area (Å²) in [5, 5.41) is 9.51. The molecule has 0 radical (unpaired) electrons. The van der Waals surface area contributed by atoms with Crippen molar-refractivity contribution in [3.63, 3.8) is 0 Å². The predicted octanol–water partition coefficient (Wildman–Crippen LogP) is 3.31. The zero-order valence-corrected chi connectivity index (χ0v) is 13.7. The third-order valence-corrected chi connectivity index (χ3v) is 5.30. The molecule has 1 N–H and O–H groups in total. The minimum atomic E-state index is 0.504. The lowest BCUT2D eigenvalue weighted by atomic mass is 9.94. The number of piperidine rings is 1. The second-order valence-corrected chi connectivity index (χ2v) is 6.90. The Kier molecular flexibility index (Phi) is 4.17. The molecule has 1 aliphatic rings. The van der Waals surface area contributed by atoms with Crippen molar-refractivity contribution < 1.29 is 0 Å². The zero-order chi connectivity index (χ0) is 15.5. The van der Waals surface area contributed by atoms with Crippen LogP contribution in [-0.4, -0.2) is 38.2 Å². The monoisotopic (exact) mass is 325 g/mol. The molecule has 118 valence electrons. The minimum Gasteiger partial charge on any atom is -0.298 e. The molecule has 0 amide bonds. The normalized spacial score (nSPS) is 19.0. The number of rotatable bonds is 4. The predicted molar refractivity (Wildman–Crippen MR) is 91.2 cm³/mol. The van der Waals surface area contributed by atoms with E-state index in [4.69, 9.17) is 0 Å². The molecular formula is C17H19N5S. The first kappa shape index (κ1) is 14.5. The molecule has 23 heavy (non-hydrogen) atoms. The van der Waals surface area contributed by atoms with Crippen molar-refractivity contribution >= 4 is 11.3 Å². The largest absolute Gasteiger partial charge is 0.298 e. The lowest BCUT2D eigenvalue weighted by Gasteiger charge is -2.32. The van der Waals surface area contributed by atoms with E-state index in [1.54, 1.807) is 17.7 Å². The number of nitrogens with one attached hydrogen (secondary N) is 1. The fourth-order valence-corrected chi connectivity index (χ4v) is 4.04. The summed E-state index contributed by atoms with van der Waals surface area (Å²) in [6.07, 6.45) is 7.87. The summed E-state index contributed by atoms with van der Waals surface area (Å²) in [4.78, 5) is 12.2. The van der Waals surface area contributed by atoms with Crippen LogP contribution in [0, 0.1) is 0 Å². The summed E-state index contributed by atoms with van der Waals surface area (Å²) in [6, 6.07) is 6.27. The van der Waals surface area contributed by atoms with Gasteiger partial charge in [-0.25, -0.2) is 9.97 Å². The van der Waals surface area contributed by atoms with Gasteiger partial charge in [0.05, 0.1) is 16.8 Å². The third-order valence-electron chi connectivity index (χ3n) is 4.41. The fourth-order valence-electron chi connectivity index (χ4n) is 3.29. The van der Waals surface area contributed by atoms with Gasteiger partial charge >= 0.3 is 0 Å². The van der Waals surface area contributed by atoms with Crippen LogP contribution in [0.15, 0.2) is 42.3 Å². The second-order valence-electron chi connectivity index (χ2n) is 5.96. The molecule has 0 aromatic carbocycles. The molecule has 3 aromatic rings. The summed E-state index contributed by atoms with van der Waals surface area (Å²) in [7, 11) is 0. The highest BCUT2D eigenvalue weighted by molar-refractivity contribution is 7.13. The van der Waals surface area contributed by atoms with E-state index in [9.17, 15) is 0 Å². The molecule has 5 nitrogen and oxygen atoms in total. The van der Waals surface area contributed by atoms with Gasteiger partial charge in [0.2, 0.25) is 0 Å². The van der Waals surface area contributed by atoms with E-state index >= 15 is 0 Å². The molecule has 0 bridgehead atoms. The van der Waals surface area contributed by atoms with Crippen LogP contribution in [0.1, 0.15) is 30.0 Å². The van der Waals surface area contributed by atoms with E-state index in [0.717, 1.165) is 31.0 Å². The summed E-state index contributed by atoms with van der Waals surface area (Å²) in [5.74, 6) is 0.504. The van der Waals surface area contributed by atoms with Crippen molar-refractivity contribution in [2.75, 3.05) is 13.1 Å². The minimum absolute atomic E-state index is 0.504. The number of H-pyrrole nitrogens is 1. The Hall–Kier alpha value is -2.05. The van der Waals surface area contributed by atoms with Crippen molar-refractivity contribution in [1.29, 1.82) is 0 Å². The van der Waals surface area contributed by atoms with Crippen LogP contribution in [0.2, 0.25) is 0 Å². The van der Waals surface area contributed by atoms with Crippen LogP contribution in [-0.2, 0) is 6.54 Å². The number of aromatic amines is 1. The van der Waals surface area contributed by atoms with Crippen LogP contribution < -0.4 is 0 Å². The van der Waals surface area contributed by atoms with Crippen molar-refractivity contribution in [2.24, 2.45) is 0 Å². The molecule has 0 aliphatic carbocycles. The molecule has 0 spiro atoms. The first-order valence-corrected chi connectivity index (χ1v) is 8.82. The lowest BCUT2D eigenvalue weighted by molar-refractivity contribution is 0.198. The number of nitrogens with zero attached hydrogens (tertiary/aromatic N) is 4. The fraction of sp³-hybridized carbons (Fsp3) is 0.353. The summed E-state index contributed by atoms with van der Waals surface area (Å²) in [6.45, 7) is 3.12. The Morgan fingerprint density at radius 1 is 1.35 bits per heavy atom. The average molecular weight is 325 g/mol. The second kappa shape index (κ2) is 6.60. The standard InChI is InChI=1S/C17H19N5S/c1-3-13(15-5-6-18-12-19-15)10-22(7-1)11-14-9-20-21-17(14)16-4-2-8-23-16/h2,4-6,8-9,12-13H,1,3,7,10-11H2,(H,20,21). The van der Waals surface area contributed by atoms with Crippen LogP contribution >= 0.6 is 11.3 Å². The van der Waals surface area contributed by atoms with E-state index in [1.165, 1.54) is 23.3 Å². The van der Waals surface area contributed by atoms with Crippen LogP contribution in [0.4, 0.5) is 0 Å². The maximum absolute atomic E-state index is 4.44. The maximum Gasteiger partial charge on any atom is 0.115 e. The van der Waals surface area contributed by atoms with E-state index in [1.807, 2.05) is 18.5 Å². The maximum atomic E-state index is 4.44. The molecule has 6 heteroatoms. The van der Waals surface area contributed by atoms with Gasteiger partial charge in [0.1, 0.15) is 6.33 Å². The van der Waals surface area contributed by atoms with Crippen LogP contribution in [0.25, 0.3) is 10.6 Å². The van der Waals surface area contributed by atoms with E-state index in [-0.39, 0.29) is 0 Å². The number of aromatic nitrogens is 4. The highest BCUT2D eigenvalue weighted by Crippen LogP contribution is 2.29. The Morgan fingerprint density at radius 3 is 3.17 bits per heavy atom. The van der Waals surface area contributed by atoms with E-state index in [2.05, 4.69) is 42.6 Å². The summed E-state index contributed by atoms with van der Waals surface area (Å²) < 4.78 is 0. The highest BCUT2D eigenvalue weighted by Gasteiger charge is 2.23. The Balaban J connectivity index is 1.48. The van der Waals surface area contributed by atoms with Crippen LogP contribution in [0.5, 0.6) is 0 Å². The molecule has 0 saturated carbocycles. The molecule has 1 aliphatic heterocycles. The quantitative estimate of drug-likeness (QED) is 0.799. The molecule has 1 atom stereocenters. The molecular weight excluding hydrogens is 306 g/mol. The first-order valence-electron chi connectivity index (χ1n) is 7.94. The lowest BCUT2D eigenvalue weighted by Crippen LogP contribution is -2.34. The van der Waals surface area contributed by atoms with E-state index < -0.39 is 0 Å². The first-order chi connectivity index (χ1) is 11.4. The SMILES string of the molecule is c1csc(-c2[nH]ncc2CN2CCCC(c3ccncn3)C2)c1. The summed E-state index contributed by atoms with van der Waals surface area (Å²) >= 11 is 1.75. The van der Waals surface area contributed by atoms with Gasteiger partial charge in [-0.2, -0.15) is 5.10 Å². The number of likely N-dealkylation sites (tertiary alicyclic amines) is 1. The third kappa shape index (κ3) is 3.18. The Morgan fingerprint density at radius 2 is 2.35 bits per heavy atom. The molecule has 4 rings (SSSR count). The van der Waals surface area contributed by atoms with Gasteiger partial charge in [-0.3, -0.25) is 10.00 Å². The van der Waals surface area contributed by atoms with Gasteiger partial charge in [0.15, 0.2) is 0 Å². The molecule has 1 fully saturated rings. The van der Waals surface area contributed by atoms with Crippen molar-refractivity contribution in [3.8, 4) is 10.6 Å². The van der Waals surface area contributed by atoms with Crippen LogP contribution in [0.3, 0.4) is 0 Å². The van der Waals surface area contributed by atoms with Gasteiger partial charge in [-0.15, -0.1) is 11.3 Å². The number of thiophene rings is 1. The Bertz CT molecular complexity index is 737. The average Bonchev–Trinajstić information content (AvgIpc) is 3.27. The molecule has 4 heterocycles. The number of hydrogen-bond donors (Lipinski definition) is 1. The van der Waals surface area contributed by atoms with Crippen molar-refractivity contribution in [3.05, 3.63) is 53.6 Å². The molecule has 1 saturated heterocycles. The Labute approximate surface area is 139 Å². The van der Waals surface area contributed by atoms with Gasteiger partial charge < -0.3 is 0 Å². The van der Waals surface area contributed by atoms with Gasteiger partial charge in [-0.05, 0) is 36.9 Å². The smallest absolute Gasteiger partial charge is 0.115 e. The van der Waals surface area contributed by atoms with Gasteiger partial charge in [0, 0.05) is 36.5 Å². The number of hydrogen-bond acceptors (Lipinski definition) is 5. The van der Waals surface area contributed by atoms with Crippen molar-refractivity contribution in [2.45, 2.75) is 25.3 Å². The zero-order valence-electron chi connectivity index (χ0n) is 12.9. The summed E-state index contributed by atoms with van der Waals surface area (Å²) in [5.41, 5.74) is 3.59. The molecule has 1 unspecified atom stereocenters.